The average molecular weight is 142 g/mol. The van der Waals surface area contributed by atoms with Crippen LogP contribution in [0.2, 0.25) is 0 Å². The molecule has 1 atom stereocenters. The molecular weight excluding hydrogens is 134 g/mol. The van der Waals surface area contributed by atoms with Crippen LogP contribution in [0.3, 0.4) is 0 Å². The van der Waals surface area contributed by atoms with Gasteiger partial charge in [0.25, 0.3) is 0 Å². The van der Waals surface area contributed by atoms with E-state index in [0.717, 1.165) is 0 Å². The second kappa shape index (κ2) is 16.5. The van der Waals surface area contributed by atoms with Crippen LogP contribution in [-0.2, 0) is 4.57 Å². The van der Waals surface area contributed by atoms with E-state index in [9.17, 15) is 0 Å². The third-order valence-corrected chi connectivity index (χ3v) is 0.327. The Hall–Kier alpha value is 0.0900. The van der Waals surface area contributed by atoms with E-state index in [1.165, 1.54) is 0 Å². The van der Waals surface area contributed by atoms with Crippen LogP contribution in [0, 0.1) is 0 Å². The summed E-state index contributed by atoms with van der Waals surface area (Å²) in [4.78, 5) is 7.04. The normalized spacial score (nSPS) is 6.57. The summed E-state index contributed by atoms with van der Waals surface area (Å²) in [5.41, 5.74) is 0. The molecule has 0 aromatic heterocycles. The highest BCUT2D eigenvalue weighted by Crippen LogP contribution is 1.67. The molecular formula is C3H7ClO2P+. The van der Waals surface area contributed by atoms with Crippen LogP contribution in [0.25, 0.3) is 0 Å². The zero-order valence-electron chi connectivity index (χ0n) is 3.72. The molecule has 0 aliphatic rings. The summed E-state index contributed by atoms with van der Waals surface area (Å²) in [7, 11) is -1.17. The highest BCUT2D eigenvalue weighted by atomic mass is 35.5. The zero-order chi connectivity index (χ0) is 6.12. The first kappa shape index (κ1) is 10.1. The van der Waals surface area contributed by atoms with Gasteiger partial charge in [-0.15, -0.1) is 18.2 Å². The van der Waals surface area contributed by atoms with Crippen LogP contribution in [0.15, 0.2) is 12.7 Å². The monoisotopic (exact) mass is 141 g/mol. The van der Waals surface area contributed by atoms with E-state index >= 15 is 0 Å². The van der Waals surface area contributed by atoms with Crippen LogP contribution in [0.4, 0.5) is 0 Å². The van der Waals surface area contributed by atoms with E-state index in [4.69, 9.17) is 21.1 Å². The fraction of sp³-hybridized carbons (Fsp3) is 0.333. The van der Waals surface area contributed by atoms with Crippen molar-refractivity contribution in [2.45, 2.75) is 0 Å². The lowest BCUT2D eigenvalue weighted by Crippen LogP contribution is -1.45. The van der Waals surface area contributed by atoms with E-state index < -0.39 is 8.69 Å². The molecule has 0 amide bonds. The minimum absolute atomic E-state index is 0.556. The molecule has 0 radical (unpaired) electrons. The lowest BCUT2D eigenvalue weighted by atomic mass is 10.8. The number of halogens is 1. The molecule has 1 N–H and O–H groups in total. The average Bonchev–Trinajstić information content (AvgIpc) is 1.69. The first-order valence-corrected chi connectivity index (χ1v) is 2.90. The third kappa shape index (κ3) is 85.7. The first-order valence-electron chi connectivity index (χ1n) is 1.51. The van der Waals surface area contributed by atoms with E-state index in [1.807, 2.05) is 0 Å². The molecule has 0 aromatic rings. The van der Waals surface area contributed by atoms with Crippen molar-refractivity contribution in [3.05, 3.63) is 12.7 Å². The van der Waals surface area contributed by atoms with Crippen molar-refractivity contribution in [3.8, 4) is 0 Å². The summed E-state index contributed by atoms with van der Waals surface area (Å²) in [6.45, 7) is 3.35. The van der Waals surface area contributed by atoms with Crippen molar-refractivity contribution in [2.75, 3.05) is 5.88 Å². The molecule has 0 spiro atoms. The molecule has 7 heavy (non-hydrogen) atoms. The maximum Gasteiger partial charge on any atom is 0.491 e. The fourth-order valence-corrected chi connectivity index (χ4v) is 0. The minimum Gasteiger partial charge on any atom is -0.162 e. The smallest absolute Gasteiger partial charge is 0.162 e. The van der Waals surface area contributed by atoms with Crippen LogP contribution < -0.4 is 0 Å². The van der Waals surface area contributed by atoms with Gasteiger partial charge in [-0.2, -0.15) is 4.89 Å². The molecule has 0 aromatic carbocycles. The topological polar surface area (TPSA) is 37.3 Å². The second-order valence-corrected chi connectivity index (χ2v) is 1.03. The maximum atomic E-state index is 8.51. The SMILES string of the molecule is C=CCCl.O=[PH+]O. The van der Waals surface area contributed by atoms with Crippen molar-refractivity contribution in [3.63, 3.8) is 0 Å². The molecule has 4 heteroatoms. The second-order valence-electron chi connectivity index (χ2n) is 0.534. The molecule has 0 heterocycles. The lowest BCUT2D eigenvalue weighted by Gasteiger charge is -1.55. The Kier molecular flexibility index (Phi) is 24.0. The van der Waals surface area contributed by atoms with Gasteiger partial charge >= 0.3 is 8.69 Å². The van der Waals surface area contributed by atoms with Crippen molar-refractivity contribution in [1.82, 2.24) is 0 Å². The fourth-order valence-electron chi connectivity index (χ4n) is 0. The summed E-state index contributed by atoms with van der Waals surface area (Å²) in [6.07, 6.45) is 1.64. The number of allylic oxidation sites excluding steroid dienone is 1. The maximum absolute atomic E-state index is 8.51. The van der Waals surface area contributed by atoms with Crippen molar-refractivity contribution < 1.29 is 9.46 Å². The van der Waals surface area contributed by atoms with Gasteiger partial charge in [0.15, 0.2) is 0 Å². The number of hydrogen-bond donors (Lipinski definition) is 1. The molecule has 0 rings (SSSR count). The van der Waals surface area contributed by atoms with E-state index in [1.54, 1.807) is 6.08 Å². The van der Waals surface area contributed by atoms with Gasteiger partial charge in [-0.05, 0) is 4.57 Å². The van der Waals surface area contributed by atoms with E-state index in [-0.39, 0.29) is 0 Å². The Morgan fingerprint density at radius 2 is 2.14 bits per heavy atom. The molecule has 2 nitrogen and oxygen atoms in total. The number of rotatable bonds is 1. The third-order valence-electron chi connectivity index (χ3n) is 0.109. The largest absolute Gasteiger partial charge is 0.491 e. The molecule has 0 fully saturated rings. The highest BCUT2D eigenvalue weighted by Gasteiger charge is 1.48. The van der Waals surface area contributed by atoms with Crippen molar-refractivity contribution in [1.29, 1.82) is 0 Å². The Morgan fingerprint density at radius 1 is 2.00 bits per heavy atom. The van der Waals surface area contributed by atoms with Crippen LogP contribution >= 0.6 is 20.3 Å². The van der Waals surface area contributed by atoms with Gasteiger partial charge in [-0.1, -0.05) is 6.08 Å². The molecule has 0 saturated carbocycles. The Morgan fingerprint density at radius 3 is 2.14 bits per heavy atom. The number of hydrogen-bond acceptors (Lipinski definition) is 1. The predicted molar refractivity (Wildman–Crippen MR) is 32.1 cm³/mol. The minimum atomic E-state index is -1.17. The Bertz CT molecular complexity index is 48.2. The zero-order valence-corrected chi connectivity index (χ0v) is 5.48. The summed E-state index contributed by atoms with van der Waals surface area (Å²) in [5.74, 6) is 0.556. The van der Waals surface area contributed by atoms with Gasteiger partial charge in [0.05, 0.1) is 0 Å². The van der Waals surface area contributed by atoms with E-state index in [2.05, 4.69) is 6.58 Å². The van der Waals surface area contributed by atoms with Gasteiger partial charge in [-0.3, -0.25) is 0 Å². The van der Waals surface area contributed by atoms with Gasteiger partial charge < -0.3 is 0 Å². The first-order chi connectivity index (χ1) is 3.33. The Balaban J connectivity index is 0. The predicted octanol–water partition coefficient (Wildman–Crippen LogP) is 1.33. The molecule has 0 saturated heterocycles. The van der Waals surface area contributed by atoms with E-state index in [0.29, 0.717) is 5.88 Å². The molecule has 0 aliphatic heterocycles. The quantitative estimate of drug-likeness (QED) is 0.340. The summed E-state index contributed by atoms with van der Waals surface area (Å²) in [5, 5.41) is 0. The summed E-state index contributed by atoms with van der Waals surface area (Å²) < 4.78 is 8.51. The highest BCUT2D eigenvalue weighted by molar-refractivity contribution is 7.16. The lowest BCUT2D eigenvalue weighted by molar-refractivity contribution is 0.524. The molecule has 1 unspecified atom stereocenters. The van der Waals surface area contributed by atoms with Gasteiger partial charge in [0.2, 0.25) is 0 Å². The molecule has 0 aliphatic carbocycles. The van der Waals surface area contributed by atoms with Gasteiger partial charge in [0.1, 0.15) is 0 Å². The Labute approximate surface area is 49.1 Å². The standard InChI is InChI=1S/C3H5Cl.HO2P/c1-2-3-4;1-3-2/h2H,1,3H2;3H/p+1. The van der Waals surface area contributed by atoms with Gasteiger partial charge in [0, 0.05) is 5.88 Å². The summed E-state index contributed by atoms with van der Waals surface area (Å²) >= 11 is 5.07. The van der Waals surface area contributed by atoms with Crippen LogP contribution in [-0.4, -0.2) is 10.8 Å². The van der Waals surface area contributed by atoms with Crippen molar-refractivity contribution >= 4 is 20.3 Å². The number of alkyl halides is 1. The molecule has 42 valence electrons. The summed E-state index contributed by atoms with van der Waals surface area (Å²) in [6, 6.07) is 0. The van der Waals surface area contributed by atoms with Gasteiger partial charge in [-0.25, -0.2) is 0 Å². The van der Waals surface area contributed by atoms with Crippen LogP contribution in [0.5, 0.6) is 0 Å². The molecule has 0 bridgehead atoms. The van der Waals surface area contributed by atoms with Crippen LogP contribution in [0.1, 0.15) is 0 Å². The van der Waals surface area contributed by atoms with Crippen molar-refractivity contribution in [2.24, 2.45) is 0 Å².